The standard InChI is InChI=1S/C57H63N/c1-52(2,3)34-23-26-40-44(29-34)56(12,13)43-21-18-22-48(50(40)43)58(37-25-28-39-38-19-16-17-20-42(38)55(10,11)46(39)33-37)49-32-36(54(7,8)9)31-47-51(49)41-27-24-35(53(4,5)6)30-45(41)57(47,14)15/h16-33H,1-15H3. The van der Waals surface area contributed by atoms with Crippen LogP contribution in [0, 0.1) is 0 Å². The van der Waals surface area contributed by atoms with Gasteiger partial charge in [0.15, 0.2) is 0 Å². The number of fused-ring (bicyclic) bond motifs is 9. The molecule has 0 heterocycles. The van der Waals surface area contributed by atoms with Gasteiger partial charge in [-0.15, -0.1) is 0 Å². The number of hydrogen-bond donors (Lipinski definition) is 0. The van der Waals surface area contributed by atoms with E-state index in [1.165, 1.54) is 101 Å². The molecule has 0 saturated carbocycles. The van der Waals surface area contributed by atoms with Crippen LogP contribution in [-0.4, -0.2) is 0 Å². The van der Waals surface area contributed by atoms with E-state index < -0.39 is 0 Å². The highest BCUT2D eigenvalue weighted by molar-refractivity contribution is 6.01. The van der Waals surface area contributed by atoms with Gasteiger partial charge >= 0.3 is 0 Å². The summed E-state index contributed by atoms with van der Waals surface area (Å²) in [6.45, 7) is 35.7. The lowest BCUT2D eigenvalue weighted by Crippen LogP contribution is -2.21. The second kappa shape index (κ2) is 12.1. The lowest BCUT2D eigenvalue weighted by atomic mass is 9.77. The summed E-state index contributed by atoms with van der Waals surface area (Å²) in [5, 5.41) is 0. The fourth-order valence-corrected chi connectivity index (χ4v) is 10.6. The van der Waals surface area contributed by atoms with Gasteiger partial charge in [-0.2, -0.15) is 0 Å². The van der Waals surface area contributed by atoms with Crippen LogP contribution < -0.4 is 4.90 Å². The monoisotopic (exact) mass is 761 g/mol. The van der Waals surface area contributed by atoms with Gasteiger partial charge in [-0.3, -0.25) is 0 Å². The third-order valence-corrected chi connectivity index (χ3v) is 14.3. The van der Waals surface area contributed by atoms with Crippen molar-refractivity contribution in [2.45, 2.75) is 136 Å². The lowest BCUT2D eigenvalue weighted by Gasteiger charge is -2.34. The van der Waals surface area contributed by atoms with Crippen molar-refractivity contribution < 1.29 is 0 Å². The molecule has 0 unspecified atom stereocenters. The van der Waals surface area contributed by atoms with Crippen molar-refractivity contribution in [2.75, 3.05) is 4.90 Å². The van der Waals surface area contributed by atoms with Crippen LogP contribution in [0.1, 0.15) is 154 Å². The third kappa shape index (κ3) is 5.48. The molecule has 6 aromatic rings. The van der Waals surface area contributed by atoms with Crippen molar-refractivity contribution in [3.8, 4) is 33.4 Å². The minimum Gasteiger partial charge on any atom is -0.309 e. The number of benzene rings is 6. The smallest absolute Gasteiger partial charge is 0.0546 e. The molecule has 0 aromatic heterocycles. The molecule has 3 aliphatic rings. The van der Waals surface area contributed by atoms with E-state index in [9.17, 15) is 0 Å². The van der Waals surface area contributed by atoms with E-state index in [2.05, 4.69) is 218 Å². The molecule has 1 heteroatoms. The maximum atomic E-state index is 2.66. The number of hydrogen-bond acceptors (Lipinski definition) is 1. The zero-order valence-electron chi connectivity index (χ0n) is 37.8. The molecule has 0 saturated heterocycles. The second-order valence-corrected chi connectivity index (χ2v) is 22.4. The van der Waals surface area contributed by atoms with Gasteiger partial charge in [-0.05, 0) is 113 Å². The van der Waals surface area contributed by atoms with Gasteiger partial charge in [0.05, 0.1) is 11.4 Å². The van der Waals surface area contributed by atoms with E-state index >= 15 is 0 Å². The quantitative estimate of drug-likeness (QED) is 0.174. The van der Waals surface area contributed by atoms with Crippen LogP contribution in [-0.2, 0) is 32.5 Å². The molecule has 6 aromatic carbocycles. The van der Waals surface area contributed by atoms with Crippen molar-refractivity contribution in [3.05, 3.63) is 159 Å². The normalized spacial score (nSPS) is 16.6. The average Bonchev–Trinajstić information content (AvgIpc) is 3.63. The summed E-state index contributed by atoms with van der Waals surface area (Å²) < 4.78 is 0. The molecular weight excluding hydrogens is 699 g/mol. The Hall–Kier alpha value is -4.88. The average molecular weight is 762 g/mol. The summed E-state index contributed by atoms with van der Waals surface area (Å²) in [5.74, 6) is 0. The summed E-state index contributed by atoms with van der Waals surface area (Å²) in [6, 6.07) is 43.2. The third-order valence-electron chi connectivity index (χ3n) is 14.3. The van der Waals surface area contributed by atoms with Gasteiger partial charge in [0.25, 0.3) is 0 Å². The van der Waals surface area contributed by atoms with E-state index in [4.69, 9.17) is 0 Å². The lowest BCUT2D eigenvalue weighted by molar-refractivity contribution is 0.580. The van der Waals surface area contributed by atoms with Crippen molar-refractivity contribution in [2.24, 2.45) is 0 Å². The van der Waals surface area contributed by atoms with E-state index in [0.29, 0.717) is 0 Å². The van der Waals surface area contributed by atoms with Crippen LogP contribution in [0.15, 0.2) is 109 Å². The number of rotatable bonds is 3. The van der Waals surface area contributed by atoms with Gasteiger partial charge < -0.3 is 4.90 Å². The maximum absolute atomic E-state index is 2.66. The second-order valence-electron chi connectivity index (χ2n) is 22.4. The predicted molar refractivity (Wildman–Crippen MR) is 250 cm³/mol. The van der Waals surface area contributed by atoms with Crippen molar-refractivity contribution in [3.63, 3.8) is 0 Å². The molecule has 0 atom stereocenters. The highest BCUT2D eigenvalue weighted by Gasteiger charge is 2.43. The molecule has 0 bridgehead atoms. The Bertz CT molecular complexity index is 2690. The van der Waals surface area contributed by atoms with Gasteiger partial charge in [-0.25, -0.2) is 0 Å². The van der Waals surface area contributed by atoms with Crippen LogP contribution in [0.5, 0.6) is 0 Å². The zero-order valence-corrected chi connectivity index (χ0v) is 37.8. The Morgan fingerprint density at radius 2 is 0.793 bits per heavy atom. The van der Waals surface area contributed by atoms with Crippen LogP contribution in [0.2, 0.25) is 0 Å². The van der Waals surface area contributed by atoms with E-state index in [1.807, 2.05) is 0 Å². The Morgan fingerprint density at radius 3 is 1.38 bits per heavy atom. The Labute approximate surface area is 349 Å². The van der Waals surface area contributed by atoms with Crippen molar-refractivity contribution in [1.82, 2.24) is 0 Å². The molecule has 0 N–H and O–H groups in total. The summed E-state index contributed by atoms with van der Waals surface area (Å²) in [6.07, 6.45) is 0. The molecule has 1 nitrogen and oxygen atoms in total. The molecule has 296 valence electrons. The van der Waals surface area contributed by atoms with Gasteiger partial charge in [0.1, 0.15) is 0 Å². The van der Waals surface area contributed by atoms with Crippen LogP contribution in [0.25, 0.3) is 33.4 Å². The molecule has 0 aliphatic heterocycles. The number of anilines is 3. The molecule has 0 radical (unpaired) electrons. The van der Waals surface area contributed by atoms with Crippen molar-refractivity contribution >= 4 is 17.1 Å². The molecular formula is C57H63N. The largest absolute Gasteiger partial charge is 0.309 e. The molecule has 3 aliphatic carbocycles. The summed E-state index contributed by atoms with van der Waals surface area (Å²) in [7, 11) is 0. The van der Waals surface area contributed by atoms with Crippen LogP contribution in [0.4, 0.5) is 17.1 Å². The fourth-order valence-electron chi connectivity index (χ4n) is 10.6. The Kier molecular flexibility index (Phi) is 8.05. The highest BCUT2D eigenvalue weighted by atomic mass is 15.1. The van der Waals surface area contributed by atoms with Gasteiger partial charge in [0.2, 0.25) is 0 Å². The molecule has 0 amide bonds. The van der Waals surface area contributed by atoms with E-state index in [1.54, 1.807) is 0 Å². The first-order chi connectivity index (χ1) is 26.9. The zero-order chi connectivity index (χ0) is 41.7. The topological polar surface area (TPSA) is 3.24 Å². The predicted octanol–water partition coefficient (Wildman–Crippen LogP) is 16.0. The maximum Gasteiger partial charge on any atom is 0.0546 e. The molecule has 58 heavy (non-hydrogen) atoms. The van der Waals surface area contributed by atoms with E-state index in [-0.39, 0.29) is 32.5 Å². The first-order valence-electron chi connectivity index (χ1n) is 21.6. The Morgan fingerprint density at radius 1 is 0.345 bits per heavy atom. The van der Waals surface area contributed by atoms with Gasteiger partial charge in [0, 0.05) is 33.1 Å². The summed E-state index contributed by atoms with van der Waals surface area (Å²) in [4.78, 5) is 2.66. The van der Waals surface area contributed by atoms with Gasteiger partial charge in [-0.1, -0.05) is 189 Å². The molecule has 0 spiro atoms. The minimum absolute atomic E-state index is 0.0533. The highest BCUT2D eigenvalue weighted by Crippen LogP contribution is 2.60. The van der Waals surface area contributed by atoms with E-state index in [0.717, 1.165) is 0 Å². The minimum atomic E-state index is -0.175. The van der Waals surface area contributed by atoms with Crippen LogP contribution in [0.3, 0.4) is 0 Å². The van der Waals surface area contributed by atoms with Crippen molar-refractivity contribution in [1.29, 1.82) is 0 Å². The Balaban J connectivity index is 1.40. The SMILES string of the molecule is CC(C)(C)c1ccc2c(c1)C(C)(C)c1cccc(N(c3ccc4c(c3)C(C)(C)c3ccccc3-4)c3cc(C(C)(C)C)cc4c3-c3ccc(C(C)(C)C)cc3C4(C)C)c1-2. The summed E-state index contributed by atoms with van der Waals surface area (Å²) >= 11 is 0. The first-order valence-corrected chi connectivity index (χ1v) is 21.6. The summed E-state index contributed by atoms with van der Waals surface area (Å²) in [5.41, 5.74) is 24.0. The fraction of sp³-hybridized carbons (Fsp3) is 0.368. The number of nitrogens with zero attached hydrogens (tertiary/aromatic N) is 1. The molecule has 0 fully saturated rings. The first kappa shape index (κ1) is 38.6. The molecule has 9 rings (SSSR count). The van der Waals surface area contributed by atoms with Crippen LogP contribution >= 0.6 is 0 Å².